The number of nitrogens with two attached hydrogens (primary N) is 1. The second-order valence-corrected chi connectivity index (χ2v) is 6.65. The van der Waals surface area contributed by atoms with Crippen LogP contribution in [-0.4, -0.2) is 17.4 Å². The van der Waals surface area contributed by atoms with E-state index in [1.165, 1.54) is 0 Å². The summed E-state index contributed by atoms with van der Waals surface area (Å²) in [5.74, 6) is 0.298. The van der Waals surface area contributed by atoms with Crippen molar-refractivity contribution in [3.05, 3.63) is 51.5 Å². The minimum atomic E-state index is -0.623. The molecule has 0 saturated carbocycles. The van der Waals surface area contributed by atoms with Crippen molar-refractivity contribution in [3.63, 3.8) is 0 Å². The predicted molar refractivity (Wildman–Crippen MR) is 106 cm³/mol. The van der Waals surface area contributed by atoms with E-state index in [0.29, 0.717) is 12.5 Å². The molecule has 0 saturated heterocycles. The molecule has 1 aromatic heterocycles. The van der Waals surface area contributed by atoms with Crippen LogP contribution in [-0.2, 0) is 11.2 Å². The fourth-order valence-corrected chi connectivity index (χ4v) is 2.92. The lowest BCUT2D eigenvalue weighted by atomic mass is 10.1. The van der Waals surface area contributed by atoms with Crippen LogP contribution >= 0.6 is 36.2 Å². The molecule has 1 heterocycles. The lowest BCUT2D eigenvalue weighted by Gasteiger charge is -2.12. The molecule has 7 heteroatoms. The normalized spacial score (nSPS) is 11.4. The molecule has 4 nitrogen and oxygen atoms in total. The van der Waals surface area contributed by atoms with E-state index >= 15 is 0 Å². The van der Waals surface area contributed by atoms with Gasteiger partial charge in [0.05, 0.1) is 10.7 Å². The van der Waals surface area contributed by atoms with Crippen molar-refractivity contribution in [1.82, 2.24) is 10.3 Å². The Kier molecular flexibility index (Phi) is 10.2. The number of halogens is 2. The number of carbonyl (C=O) groups is 1. The number of hydrogen-bond acceptors (Lipinski definition) is 4. The third-order valence-electron chi connectivity index (χ3n) is 3.46. The molecular formula is C17H25Cl2N3OS. The van der Waals surface area contributed by atoms with Crippen LogP contribution in [0.2, 0.25) is 0 Å². The fraction of sp³-hybridized carbons (Fsp3) is 0.412. The molecule has 0 fully saturated rings. The maximum Gasteiger partial charge on any atom is 0.241 e. The first kappa shape index (κ1) is 22.9. The minimum absolute atomic E-state index is 0. The van der Waals surface area contributed by atoms with Crippen LogP contribution in [0.25, 0.3) is 0 Å². The molecule has 24 heavy (non-hydrogen) atoms. The van der Waals surface area contributed by atoms with Gasteiger partial charge in [-0.25, -0.2) is 4.98 Å². The van der Waals surface area contributed by atoms with Crippen molar-refractivity contribution in [2.75, 3.05) is 6.54 Å². The van der Waals surface area contributed by atoms with Gasteiger partial charge in [0.25, 0.3) is 0 Å². The number of amides is 1. The topological polar surface area (TPSA) is 68.0 Å². The molecular weight excluding hydrogens is 365 g/mol. The van der Waals surface area contributed by atoms with Gasteiger partial charge < -0.3 is 11.1 Å². The fourth-order valence-electron chi connectivity index (χ4n) is 2.05. The second kappa shape index (κ2) is 10.7. The van der Waals surface area contributed by atoms with E-state index in [4.69, 9.17) is 5.73 Å². The van der Waals surface area contributed by atoms with Gasteiger partial charge in [0.1, 0.15) is 6.04 Å². The van der Waals surface area contributed by atoms with Crippen LogP contribution in [0, 0.1) is 6.92 Å². The van der Waals surface area contributed by atoms with Crippen LogP contribution in [0.3, 0.4) is 0 Å². The quantitative estimate of drug-likeness (QED) is 0.789. The van der Waals surface area contributed by atoms with E-state index in [0.717, 1.165) is 28.2 Å². The number of hydrogen-bond donors (Lipinski definition) is 2. The highest BCUT2D eigenvalue weighted by molar-refractivity contribution is 7.09. The average Bonchev–Trinajstić information content (AvgIpc) is 2.96. The van der Waals surface area contributed by atoms with Crippen molar-refractivity contribution in [3.8, 4) is 0 Å². The Balaban J connectivity index is 0.00000264. The van der Waals surface area contributed by atoms with Gasteiger partial charge in [-0.15, -0.1) is 36.2 Å². The number of benzene rings is 1. The molecule has 0 aliphatic rings. The van der Waals surface area contributed by atoms with Crippen LogP contribution in [0.5, 0.6) is 0 Å². The van der Waals surface area contributed by atoms with Gasteiger partial charge in [-0.3, -0.25) is 4.79 Å². The van der Waals surface area contributed by atoms with Gasteiger partial charge in [0.2, 0.25) is 5.91 Å². The van der Waals surface area contributed by atoms with E-state index in [9.17, 15) is 4.79 Å². The molecule has 2 aromatic rings. The molecule has 1 atom stereocenters. The van der Waals surface area contributed by atoms with Crippen LogP contribution in [0.15, 0.2) is 29.6 Å². The maximum absolute atomic E-state index is 12.1. The zero-order valence-electron chi connectivity index (χ0n) is 14.1. The molecule has 1 unspecified atom stereocenters. The van der Waals surface area contributed by atoms with Gasteiger partial charge in [-0.05, 0) is 12.5 Å². The van der Waals surface area contributed by atoms with Crippen molar-refractivity contribution in [2.45, 2.75) is 39.2 Å². The summed E-state index contributed by atoms with van der Waals surface area (Å²) >= 11 is 1.67. The first-order chi connectivity index (χ1) is 10.5. The highest BCUT2D eigenvalue weighted by Crippen LogP contribution is 2.19. The van der Waals surface area contributed by atoms with Crippen molar-refractivity contribution in [1.29, 1.82) is 0 Å². The molecule has 2 rings (SSSR count). The summed E-state index contributed by atoms with van der Waals surface area (Å²) in [5.41, 5.74) is 9.00. The standard InChI is InChI=1S/C17H23N3OS.2ClH/c1-11(2)17-20-14(10-22-17)8-9-19-16(21)15(18)13-6-4-12(3)5-7-13;;/h4-7,10-11,15H,8-9,18H2,1-3H3,(H,19,21);2*1H. The molecule has 1 amide bonds. The number of nitrogens with zero attached hydrogens (tertiary/aromatic N) is 1. The largest absolute Gasteiger partial charge is 0.354 e. The number of thiazole rings is 1. The Morgan fingerprint density at radius 2 is 1.88 bits per heavy atom. The van der Waals surface area contributed by atoms with Gasteiger partial charge in [-0.1, -0.05) is 43.7 Å². The maximum atomic E-state index is 12.1. The molecule has 0 aliphatic carbocycles. The molecule has 134 valence electrons. The number of nitrogens with one attached hydrogen (secondary N) is 1. The number of rotatable bonds is 6. The molecule has 0 aliphatic heterocycles. The predicted octanol–water partition coefficient (Wildman–Crippen LogP) is 3.78. The number of carbonyl (C=O) groups excluding carboxylic acids is 1. The first-order valence-corrected chi connectivity index (χ1v) is 8.39. The van der Waals surface area contributed by atoms with Gasteiger partial charge in [0.15, 0.2) is 0 Å². The summed E-state index contributed by atoms with van der Waals surface area (Å²) in [7, 11) is 0. The van der Waals surface area contributed by atoms with Crippen molar-refractivity contribution in [2.24, 2.45) is 5.73 Å². The average molecular weight is 390 g/mol. The molecule has 0 radical (unpaired) electrons. The van der Waals surface area contributed by atoms with E-state index in [2.05, 4.69) is 29.5 Å². The Morgan fingerprint density at radius 3 is 2.42 bits per heavy atom. The summed E-state index contributed by atoms with van der Waals surface area (Å²) in [6.45, 7) is 6.82. The summed E-state index contributed by atoms with van der Waals surface area (Å²) in [6.07, 6.45) is 0.732. The van der Waals surface area contributed by atoms with Gasteiger partial charge in [0, 0.05) is 24.3 Å². The Bertz CT molecular complexity index is 629. The van der Waals surface area contributed by atoms with Crippen LogP contribution in [0.4, 0.5) is 0 Å². The minimum Gasteiger partial charge on any atom is -0.354 e. The van der Waals surface area contributed by atoms with E-state index in [1.54, 1.807) is 11.3 Å². The SMILES string of the molecule is Cc1ccc(C(N)C(=O)NCCc2csc(C(C)C)n2)cc1.Cl.Cl. The lowest BCUT2D eigenvalue weighted by molar-refractivity contribution is -0.122. The third kappa shape index (κ3) is 6.40. The van der Waals surface area contributed by atoms with Crippen molar-refractivity contribution >= 4 is 42.1 Å². The van der Waals surface area contributed by atoms with E-state index < -0.39 is 6.04 Å². The van der Waals surface area contributed by atoms with Crippen molar-refractivity contribution < 1.29 is 4.79 Å². The van der Waals surface area contributed by atoms with Gasteiger partial charge >= 0.3 is 0 Å². The molecule has 0 spiro atoms. The third-order valence-corrected chi connectivity index (χ3v) is 4.66. The van der Waals surface area contributed by atoms with Crippen LogP contribution < -0.4 is 11.1 Å². The lowest BCUT2D eigenvalue weighted by Crippen LogP contribution is -2.35. The first-order valence-electron chi connectivity index (χ1n) is 7.51. The molecule has 3 N–H and O–H groups in total. The van der Waals surface area contributed by atoms with E-state index in [1.807, 2.05) is 31.2 Å². The Labute approximate surface area is 160 Å². The number of aromatic nitrogens is 1. The zero-order chi connectivity index (χ0) is 16.1. The molecule has 1 aromatic carbocycles. The smallest absolute Gasteiger partial charge is 0.241 e. The highest BCUT2D eigenvalue weighted by atomic mass is 35.5. The van der Waals surface area contributed by atoms with Gasteiger partial charge in [-0.2, -0.15) is 0 Å². The molecule has 0 bridgehead atoms. The summed E-state index contributed by atoms with van der Waals surface area (Å²) < 4.78 is 0. The van der Waals surface area contributed by atoms with Crippen LogP contribution in [0.1, 0.15) is 47.6 Å². The zero-order valence-corrected chi connectivity index (χ0v) is 16.6. The Morgan fingerprint density at radius 1 is 1.25 bits per heavy atom. The second-order valence-electron chi connectivity index (χ2n) is 5.76. The summed E-state index contributed by atoms with van der Waals surface area (Å²) in [5, 5.41) is 6.08. The number of aryl methyl sites for hydroxylation is 1. The summed E-state index contributed by atoms with van der Waals surface area (Å²) in [6, 6.07) is 7.10. The monoisotopic (exact) mass is 389 g/mol. The van der Waals surface area contributed by atoms with E-state index in [-0.39, 0.29) is 30.7 Å². The highest BCUT2D eigenvalue weighted by Gasteiger charge is 2.15. The Hall–Kier alpha value is -1.14. The summed E-state index contributed by atoms with van der Waals surface area (Å²) in [4.78, 5) is 16.6.